The van der Waals surface area contributed by atoms with Crippen LogP contribution in [0.3, 0.4) is 0 Å². The largest absolute Gasteiger partial charge is 0.349 e. The second-order valence-corrected chi connectivity index (χ2v) is 7.38. The lowest BCUT2D eigenvalue weighted by atomic mass is 10.0. The predicted octanol–water partition coefficient (Wildman–Crippen LogP) is 1.27. The Morgan fingerprint density at radius 2 is 1.82 bits per heavy atom. The normalized spacial score (nSPS) is 17.2. The maximum absolute atomic E-state index is 12.2. The van der Waals surface area contributed by atoms with E-state index >= 15 is 0 Å². The van der Waals surface area contributed by atoms with E-state index in [0.29, 0.717) is 11.3 Å². The summed E-state index contributed by atoms with van der Waals surface area (Å²) in [5, 5.41) is 3.04. The van der Waals surface area contributed by atoms with Crippen molar-refractivity contribution in [2.45, 2.75) is 25.8 Å². The first-order valence-electron chi connectivity index (χ1n) is 7.48. The molecule has 0 spiro atoms. The first-order chi connectivity index (χ1) is 10.4. The van der Waals surface area contributed by atoms with Gasteiger partial charge in [0.2, 0.25) is 10.0 Å². The van der Waals surface area contributed by atoms with Gasteiger partial charge in [0, 0.05) is 30.4 Å². The van der Waals surface area contributed by atoms with Crippen molar-refractivity contribution in [1.29, 1.82) is 0 Å². The molecule has 0 saturated carbocycles. The molecule has 122 valence electrons. The van der Waals surface area contributed by atoms with Crippen molar-refractivity contribution in [3.8, 4) is 0 Å². The topological polar surface area (TPSA) is 78.5 Å². The van der Waals surface area contributed by atoms with Gasteiger partial charge in [0.1, 0.15) is 0 Å². The summed E-state index contributed by atoms with van der Waals surface area (Å²) in [7, 11) is -3.30. The van der Waals surface area contributed by atoms with Crippen LogP contribution < -0.4 is 10.0 Å². The van der Waals surface area contributed by atoms with Gasteiger partial charge in [-0.05, 0) is 43.7 Å². The number of rotatable bonds is 5. The molecule has 0 radical (unpaired) electrons. The van der Waals surface area contributed by atoms with E-state index < -0.39 is 10.0 Å². The van der Waals surface area contributed by atoms with Crippen LogP contribution in [0, 0.1) is 0 Å². The van der Waals surface area contributed by atoms with Gasteiger partial charge in [-0.1, -0.05) is 6.92 Å². The number of sulfonamides is 1. The second-order valence-electron chi connectivity index (χ2n) is 5.63. The van der Waals surface area contributed by atoms with E-state index in [1.807, 2.05) is 0 Å². The van der Waals surface area contributed by atoms with Crippen molar-refractivity contribution < 1.29 is 13.2 Å². The van der Waals surface area contributed by atoms with Crippen molar-refractivity contribution in [3.05, 3.63) is 29.8 Å². The molecule has 0 aliphatic carbocycles. The van der Waals surface area contributed by atoms with E-state index in [2.05, 4.69) is 21.9 Å². The second kappa shape index (κ2) is 7.11. The van der Waals surface area contributed by atoms with Crippen LogP contribution in [-0.2, 0) is 10.0 Å². The maximum Gasteiger partial charge on any atom is 0.251 e. The fourth-order valence-electron chi connectivity index (χ4n) is 2.57. The fourth-order valence-corrected chi connectivity index (χ4v) is 3.13. The van der Waals surface area contributed by atoms with E-state index in [1.165, 1.54) is 0 Å². The molecule has 6 nitrogen and oxygen atoms in total. The number of benzene rings is 1. The van der Waals surface area contributed by atoms with Crippen LogP contribution in [0.2, 0.25) is 0 Å². The monoisotopic (exact) mass is 325 g/mol. The Bertz CT molecular complexity index is 605. The Balaban J connectivity index is 1.90. The minimum atomic E-state index is -3.30. The van der Waals surface area contributed by atoms with Gasteiger partial charge in [-0.2, -0.15) is 0 Å². The average Bonchev–Trinajstić information content (AvgIpc) is 2.47. The van der Waals surface area contributed by atoms with Crippen molar-refractivity contribution in [2.75, 3.05) is 30.6 Å². The van der Waals surface area contributed by atoms with Crippen LogP contribution in [-0.4, -0.2) is 51.2 Å². The summed E-state index contributed by atoms with van der Waals surface area (Å²) in [4.78, 5) is 14.6. The number of hydrogen-bond acceptors (Lipinski definition) is 4. The minimum absolute atomic E-state index is 0.110. The lowest BCUT2D eigenvalue weighted by molar-refractivity contribution is 0.0912. The molecule has 1 aliphatic heterocycles. The number of carbonyl (C=O) groups is 1. The predicted molar refractivity (Wildman–Crippen MR) is 87.5 cm³/mol. The molecule has 1 aliphatic rings. The van der Waals surface area contributed by atoms with Crippen LogP contribution in [0.4, 0.5) is 5.69 Å². The average molecular weight is 325 g/mol. The van der Waals surface area contributed by atoms with Gasteiger partial charge in [0.25, 0.3) is 5.91 Å². The van der Waals surface area contributed by atoms with Gasteiger partial charge in [0.15, 0.2) is 0 Å². The zero-order valence-corrected chi connectivity index (χ0v) is 13.8. The molecule has 0 bridgehead atoms. The first-order valence-corrected chi connectivity index (χ1v) is 9.37. The van der Waals surface area contributed by atoms with Crippen LogP contribution in [0.15, 0.2) is 24.3 Å². The number of nitrogens with one attached hydrogen (secondary N) is 2. The number of nitrogens with zero attached hydrogens (tertiary/aromatic N) is 1. The molecular formula is C15H23N3O3S. The van der Waals surface area contributed by atoms with Crippen LogP contribution in [0.25, 0.3) is 0 Å². The SMILES string of the molecule is CCN1CCC(NC(=O)c2ccc(NS(C)(=O)=O)cc2)CC1. The smallest absolute Gasteiger partial charge is 0.251 e. The highest BCUT2D eigenvalue weighted by Crippen LogP contribution is 2.13. The highest BCUT2D eigenvalue weighted by atomic mass is 32.2. The Kier molecular flexibility index (Phi) is 5.42. The van der Waals surface area contributed by atoms with Crippen LogP contribution >= 0.6 is 0 Å². The summed E-state index contributed by atoms with van der Waals surface area (Å²) >= 11 is 0. The summed E-state index contributed by atoms with van der Waals surface area (Å²) in [5.41, 5.74) is 0.993. The van der Waals surface area contributed by atoms with Gasteiger partial charge in [-0.25, -0.2) is 8.42 Å². The molecular weight excluding hydrogens is 302 g/mol. The maximum atomic E-state index is 12.2. The molecule has 1 amide bonds. The highest BCUT2D eigenvalue weighted by molar-refractivity contribution is 7.92. The van der Waals surface area contributed by atoms with E-state index in [0.717, 1.165) is 38.7 Å². The number of carbonyl (C=O) groups excluding carboxylic acids is 1. The van der Waals surface area contributed by atoms with Crippen molar-refractivity contribution in [2.24, 2.45) is 0 Å². The van der Waals surface area contributed by atoms with Crippen molar-refractivity contribution >= 4 is 21.6 Å². The molecule has 2 rings (SSSR count). The summed E-state index contributed by atoms with van der Waals surface area (Å²) in [6.45, 7) is 5.22. The zero-order chi connectivity index (χ0) is 16.2. The third-order valence-corrected chi connectivity index (χ3v) is 4.43. The molecule has 0 atom stereocenters. The number of amides is 1. The van der Waals surface area contributed by atoms with Gasteiger partial charge < -0.3 is 10.2 Å². The molecule has 0 unspecified atom stereocenters. The summed E-state index contributed by atoms with van der Waals surface area (Å²) < 4.78 is 24.7. The molecule has 1 aromatic rings. The van der Waals surface area contributed by atoms with E-state index in [9.17, 15) is 13.2 Å². The summed E-state index contributed by atoms with van der Waals surface area (Å²) in [5.74, 6) is -0.110. The molecule has 22 heavy (non-hydrogen) atoms. The van der Waals surface area contributed by atoms with E-state index in [1.54, 1.807) is 24.3 Å². The van der Waals surface area contributed by atoms with Crippen LogP contribution in [0.1, 0.15) is 30.1 Å². The molecule has 1 heterocycles. The number of piperidine rings is 1. The first kappa shape index (κ1) is 16.8. The quantitative estimate of drug-likeness (QED) is 0.854. The van der Waals surface area contributed by atoms with Crippen LogP contribution in [0.5, 0.6) is 0 Å². The zero-order valence-electron chi connectivity index (χ0n) is 13.0. The summed E-state index contributed by atoms with van der Waals surface area (Å²) in [6, 6.07) is 6.66. The van der Waals surface area contributed by atoms with E-state index in [4.69, 9.17) is 0 Å². The Hall–Kier alpha value is -1.60. The third-order valence-electron chi connectivity index (χ3n) is 3.82. The highest BCUT2D eigenvalue weighted by Gasteiger charge is 2.20. The number of likely N-dealkylation sites (tertiary alicyclic amines) is 1. The molecule has 1 aromatic carbocycles. The Morgan fingerprint density at radius 1 is 1.23 bits per heavy atom. The number of hydrogen-bond donors (Lipinski definition) is 2. The summed E-state index contributed by atoms with van der Waals surface area (Å²) in [6.07, 6.45) is 3.02. The lowest BCUT2D eigenvalue weighted by Crippen LogP contribution is -2.44. The Morgan fingerprint density at radius 3 is 2.32 bits per heavy atom. The fraction of sp³-hybridized carbons (Fsp3) is 0.533. The van der Waals surface area contributed by atoms with Gasteiger partial charge in [-0.3, -0.25) is 9.52 Å². The standard InChI is InChI=1S/C15H23N3O3S/c1-3-18-10-8-13(9-11-18)16-15(19)12-4-6-14(7-5-12)17-22(2,20)21/h4-7,13,17H,3,8-11H2,1-2H3,(H,16,19). The van der Waals surface area contributed by atoms with E-state index in [-0.39, 0.29) is 11.9 Å². The Labute approximate surface area is 131 Å². The number of anilines is 1. The molecule has 0 aromatic heterocycles. The van der Waals surface area contributed by atoms with Crippen molar-refractivity contribution in [3.63, 3.8) is 0 Å². The third kappa shape index (κ3) is 4.99. The molecule has 1 fully saturated rings. The van der Waals surface area contributed by atoms with Gasteiger partial charge in [0.05, 0.1) is 6.26 Å². The van der Waals surface area contributed by atoms with Gasteiger partial charge in [-0.15, -0.1) is 0 Å². The molecule has 2 N–H and O–H groups in total. The van der Waals surface area contributed by atoms with Gasteiger partial charge >= 0.3 is 0 Å². The minimum Gasteiger partial charge on any atom is -0.349 e. The van der Waals surface area contributed by atoms with Crippen molar-refractivity contribution in [1.82, 2.24) is 10.2 Å². The molecule has 1 saturated heterocycles. The lowest BCUT2D eigenvalue weighted by Gasteiger charge is -2.31. The molecule has 7 heteroatoms.